The van der Waals surface area contributed by atoms with Gasteiger partial charge in [0.25, 0.3) is 0 Å². The number of rotatable bonds is 10. The van der Waals surface area contributed by atoms with Crippen LogP contribution in [0.5, 0.6) is 0 Å². The monoisotopic (exact) mass is 279 g/mol. The first-order valence-electron chi connectivity index (χ1n) is 7.75. The van der Waals surface area contributed by atoms with Gasteiger partial charge in [0.15, 0.2) is 0 Å². The molecule has 0 bridgehead atoms. The summed E-state index contributed by atoms with van der Waals surface area (Å²) >= 11 is 0. The molecule has 0 amide bonds. The van der Waals surface area contributed by atoms with Crippen LogP contribution >= 0.6 is 0 Å². The predicted octanol–water partition coefficient (Wildman–Crippen LogP) is 2.29. The summed E-state index contributed by atoms with van der Waals surface area (Å²) in [6.45, 7) is 2.19. The normalized spacial score (nSPS) is 14.2. The van der Waals surface area contributed by atoms with Gasteiger partial charge in [-0.05, 0) is 43.9 Å². The van der Waals surface area contributed by atoms with Crippen molar-refractivity contribution >= 4 is 0 Å². The van der Waals surface area contributed by atoms with Gasteiger partial charge in [-0.3, -0.25) is 0 Å². The number of likely N-dealkylation sites (N-methyl/N-ethyl adjacent to an activating group) is 1. The van der Waals surface area contributed by atoms with Crippen LogP contribution in [0.3, 0.4) is 0 Å². The molecule has 2 unspecified atom stereocenters. The van der Waals surface area contributed by atoms with Gasteiger partial charge >= 0.3 is 0 Å². The van der Waals surface area contributed by atoms with Crippen LogP contribution in [0.2, 0.25) is 0 Å². The lowest BCUT2D eigenvalue weighted by Gasteiger charge is -2.20. The molecular formula is C17H29NO2. The molecule has 1 rings (SSSR count). The zero-order valence-electron chi connectivity index (χ0n) is 12.8. The Balaban J connectivity index is 2.37. The van der Waals surface area contributed by atoms with Gasteiger partial charge in [0.2, 0.25) is 0 Å². The Labute approximate surface area is 123 Å². The van der Waals surface area contributed by atoms with Gasteiger partial charge < -0.3 is 15.5 Å². The molecule has 20 heavy (non-hydrogen) atoms. The first kappa shape index (κ1) is 17.2. The Morgan fingerprint density at radius 2 is 1.65 bits per heavy atom. The Hall–Kier alpha value is -0.900. The fraction of sp³-hybridized carbons (Fsp3) is 0.647. The summed E-state index contributed by atoms with van der Waals surface area (Å²) in [6, 6.07) is 8.46. The van der Waals surface area contributed by atoms with E-state index in [0.717, 1.165) is 12.8 Å². The number of aliphatic hydroxyl groups is 2. The molecule has 1 aromatic carbocycles. The maximum Gasteiger partial charge on any atom is 0.0718 e. The molecule has 1 aromatic rings. The average Bonchev–Trinajstić information content (AvgIpc) is 2.48. The van der Waals surface area contributed by atoms with E-state index in [2.05, 4.69) is 36.5 Å². The van der Waals surface area contributed by atoms with Gasteiger partial charge in [-0.25, -0.2) is 0 Å². The van der Waals surface area contributed by atoms with Crippen molar-refractivity contribution in [3.8, 4) is 0 Å². The van der Waals surface area contributed by atoms with Crippen LogP contribution in [0, 0.1) is 0 Å². The lowest BCUT2D eigenvalue weighted by atomic mass is 10.00. The summed E-state index contributed by atoms with van der Waals surface area (Å²) in [7, 11) is 1.76. The van der Waals surface area contributed by atoms with E-state index >= 15 is 0 Å². The third-order valence-electron chi connectivity index (χ3n) is 3.85. The van der Waals surface area contributed by atoms with Crippen LogP contribution in [-0.4, -0.2) is 36.0 Å². The molecule has 3 nitrogen and oxygen atoms in total. The summed E-state index contributed by atoms with van der Waals surface area (Å²) in [4.78, 5) is 0. The van der Waals surface area contributed by atoms with Gasteiger partial charge in [-0.2, -0.15) is 0 Å². The Morgan fingerprint density at radius 3 is 2.15 bits per heavy atom. The highest BCUT2D eigenvalue weighted by Crippen LogP contribution is 2.12. The second-order valence-electron chi connectivity index (χ2n) is 5.46. The van der Waals surface area contributed by atoms with Crippen LogP contribution in [0.1, 0.15) is 43.7 Å². The minimum Gasteiger partial charge on any atom is -0.395 e. The molecule has 0 heterocycles. The molecule has 0 saturated heterocycles. The average molecular weight is 279 g/mol. The minimum atomic E-state index is -0.505. The van der Waals surface area contributed by atoms with Crippen molar-refractivity contribution in [3.63, 3.8) is 0 Å². The quantitative estimate of drug-likeness (QED) is 0.576. The van der Waals surface area contributed by atoms with Gasteiger partial charge in [-0.1, -0.05) is 44.0 Å². The van der Waals surface area contributed by atoms with Crippen molar-refractivity contribution in [2.24, 2.45) is 0 Å². The van der Waals surface area contributed by atoms with Crippen LogP contribution in [0.15, 0.2) is 24.3 Å². The summed E-state index contributed by atoms with van der Waals surface area (Å²) in [5.74, 6) is 0. The highest BCUT2D eigenvalue weighted by Gasteiger charge is 2.15. The van der Waals surface area contributed by atoms with Gasteiger partial charge in [0.05, 0.1) is 18.8 Å². The van der Waals surface area contributed by atoms with E-state index in [9.17, 15) is 5.11 Å². The number of hydrogen-bond acceptors (Lipinski definition) is 3. The van der Waals surface area contributed by atoms with Crippen molar-refractivity contribution in [2.45, 2.75) is 57.6 Å². The summed E-state index contributed by atoms with van der Waals surface area (Å²) in [5, 5.41) is 22.0. The Bertz CT molecular complexity index is 347. The molecular weight excluding hydrogens is 250 g/mol. The van der Waals surface area contributed by atoms with Crippen LogP contribution in [0.25, 0.3) is 0 Å². The molecule has 0 fully saturated rings. The number of hydrogen-bond donors (Lipinski definition) is 3. The maximum absolute atomic E-state index is 9.95. The van der Waals surface area contributed by atoms with E-state index in [1.165, 1.54) is 30.4 Å². The molecule has 0 aliphatic rings. The zero-order chi connectivity index (χ0) is 14.8. The van der Waals surface area contributed by atoms with Crippen LogP contribution in [-0.2, 0) is 12.8 Å². The lowest BCUT2D eigenvalue weighted by Crippen LogP contribution is -2.40. The van der Waals surface area contributed by atoms with E-state index in [0.29, 0.717) is 6.42 Å². The molecule has 0 aliphatic heterocycles. The highest BCUT2D eigenvalue weighted by atomic mass is 16.3. The fourth-order valence-electron chi connectivity index (χ4n) is 2.37. The Morgan fingerprint density at radius 1 is 1.05 bits per heavy atom. The van der Waals surface area contributed by atoms with E-state index in [-0.39, 0.29) is 12.6 Å². The molecule has 0 radical (unpaired) electrons. The molecule has 114 valence electrons. The number of unbranched alkanes of at least 4 members (excludes halogenated alkanes) is 2. The number of aliphatic hydroxyl groups excluding tert-OH is 2. The molecule has 3 N–H and O–H groups in total. The zero-order valence-corrected chi connectivity index (χ0v) is 12.8. The summed E-state index contributed by atoms with van der Waals surface area (Å²) in [6.07, 6.45) is 5.97. The first-order chi connectivity index (χ1) is 9.71. The highest BCUT2D eigenvalue weighted by molar-refractivity contribution is 5.22. The number of nitrogens with one attached hydrogen (secondary N) is 1. The standard InChI is InChI=1S/C17H29NO2/c1-3-4-5-6-14-7-9-15(10-8-14)11-12-17(20)16(13-19)18-2/h7-10,16-20H,3-6,11-13H2,1-2H3. The Kier molecular flexibility index (Phi) is 8.51. The van der Waals surface area contributed by atoms with E-state index in [4.69, 9.17) is 5.11 Å². The maximum atomic E-state index is 9.95. The largest absolute Gasteiger partial charge is 0.395 e. The topological polar surface area (TPSA) is 52.5 Å². The van der Waals surface area contributed by atoms with Gasteiger partial charge in [0.1, 0.15) is 0 Å². The second-order valence-corrected chi connectivity index (χ2v) is 5.46. The van der Waals surface area contributed by atoms with E-state index in [1.807, 2.05) is 0 Å². The van der Waals surface area contributed by atoms with Crippen molar-refractivity contribution in [2.75, 3.05) is 13.7 Å². The van der Waals surface area contributed by atoms with E-state index < -0.39 is 6.10 Å². The van der Waals surface area contributed by atoms with Gasteiger partial charge in [0, 0.05) is 0 Å². The minimum absolute atomic E-state index is 0.0337. The third kappa shape index (κ3) is 6.04. The molecule has 3 heteroatoms. The fourth-order valence-corrected chi connectivity index (χ4v) is 2.37. The summed E-state index contributed by atoms with van der Waals surface area (Å²) in [5.41, 5.74) is 2.64. The smallest absolute Gasteiger partial charge is 0.0718 e. The number of benzene rings is 1. The second kappa shape index (κ2) is 9.92. The van der Waals surface area contributed by atoms with Crippen molar-refractivity contribution in [1.29, 1.82) is 0 Å². The third-order valence-corrected chi connectivity index (χ3v) is 3.85. The number of aryl methyl sites for hydroxylation is 2. The van der Waals surface area contributed by atoms with Crippen molar-refractivity contribution in [1.82, 2.24) is 5.32 Å². The van der Waals surface area contributed by atoms with Crippen LogP contribution in [0.4, 0.5) is 0 Å². The van der Waals surface area contributed by atoms with Crippen molar-refractivity contribution in [3.05, 3.63) is 35.4 Å². The van der Waals surface area contributed by atoms with Crippen LogP contribution < -0.4 is 5.32 Å². The molecule has 0 aliphatic carbocycles. The molecule has 2 atom stereocenters. The summed E-state index contributed by atoms with van der Waals surface area (Å²) < 4.78 is 0. The molecule has 0 aromatic heterocycles. The predicted molar refractivity (Wildman–Crippen MR) is 83.9 cm³/mol. The molecule has 0 spiro atoms. The SMILES string of the molecule is CCCCCc1ccc(CCC(O)C(CO)NC)cc1. The molecule has 0 saturated carbocycles. The van der Waals surface area contributed by atoms with E-state index in [1.54, 1.807) is 7.05 Å². The lowest BCUT2D eigenvalue weighted by molar-refractivity contribution is 0.0875. The van der Waals surface area contributed by atoms with Gasteiger partial charge in [-0.15, -0.1) is 0 Å². The van der Waals surface area contributed by atoms with Crippen molar-refractivity contribution < 1.29 is 10.2 Å². The first-order valence-corrected chi connectivity index (χ1v) is 7.75.